The monoisotopic (exact) mass is 607 g/mol. The Balaban J connectivity index is 2.11. The molecule has 0 fully saturated rings. The number of aryl methyl sites for hydroxylation is 3. The number of rotatable bonds is 9. The Kier molecular flexibility index (Phi) is 10.9. The van der Waals surface area contributed by atoms with Crippen LogP contribution in [-0.4, -0.2) is 45.6 Å². The molecular weight excluding hydrogens is 566 g/mol. The van der Waals surface area contributed by atoms with Crippen LogP contribution in [-0.2, 0) is 20.7 Å². The lowest BCUT2D eigenvalue weighted by Gasteiger charge is -2.37. The summed E-state index contributed by atoms with van der Waals surface area (Å²) >= 11 is 6.46. The molecule has 0 saturated carbocycles. The fourth-order valence-corrected chi connectivity index (χ4v) is 5.00. The minimum atomic E-state index is -1.08. The normalized spacial score (nSPS) is 12.8. The summed E-state index contributed by atoms with van der Waals surface area (Å²) in [5, 5.41) is 15.9. The van der Waals surface area contributed by atoms with Crippen molar-refractivity contribution in [2.45, 2.75) is 85.5 Å². The number of nitrogens with zero attached hydrogens (tertiary/aromatic N) is 1. The first kappa shape index (κ1) is 33.5. The van der Waals surface area contributed by atoms with Gasteiger partial charge in [0, 0.05) is 12.5 Å². The number of carbonyl (C=O) groups is 3. The van der Waals surface area contributed by atoms with Crippen LogP contribution in [0, 0.1) is 20.8 Å². The molecule has 0 spiro atoms. The van der Waals surface area contributed by atoms with Crippen LogP contribution < -0.4 is 10.6 Å². The van der Waals surface area contributed by atoms with Crippen LogP contribution in [0.25, 0.3) is 0 Å². The van der Waals surface area contributed by atoms with Gasteiger partial charge in [0.05, 0.1) is 10.7 Å². The van der Waals surface area contributed by atoms with Crippen molar-refractivity contribution < 1.29 is 24.2 Å². The molecule has 0 aliphatic heterocycles. The van der Waals surface area contributed by atoms with Crippen LogP contribution in [0.15, 0.2) is 60.7 Å². The number of alkyl carbamates (subject to hydrolysis) is 1. The minimum absolute atomic E-state index is 0.0804. The quantitative estimate of drug-likeness (QED) is 0.242. The van der Waals surface area contributed by atoms with Gasteiger partial charge in [-0.25, -0.2) is 4.79 Å². The van der Waals surface area contributed by atoms with Crippen molar-refractivity contribution in [3.05, 3.63) is 93.5 Å². The second-order valence-electron chi connectivity index (χ2n) is 12.1. The number of carbonyl (C=O) groups excluding carboxylic acids is 3. The van der Waals surface area contributed by atoms with Gasteiger partial charge < -0.3 is 25.4 Å². The van der Waals surface area contributed by atoms with E-state index in [1.165, 1.54) is 17.0 Å². The van der Waals surface area contributed by atoms with Gasteiger partial charge in [-0.05, 0) is 101 Å². The zero-order valence-electron chi connectivity index (χ0n) is 26.1. The van der Waals surface area contributed by atoms with Crippen LogP contribution in [0.5, 0.6) is 5.75 Å². The predicted molar refractivity (Wildman–Crippen MR) is 170 cm³/mol. The number of halogens is 1. The zero-order valence-corrected chi connectivity index (χ0v) is 26.9. The molecule has 0 heterocycles. The Bertz CT molecular complexity index is 1440. The number of anilines is 1. The van der Waals surface area contributed by atoms with Crippen molar-refractivity contribution in [2.24, 2.45) is 0 Å². The molecule has 3 N–H and O–H groups in total. The molecule has 0 aromatic heterocycles. The van der Waals surface area contributed by atoms with Crippen molar-refractivity contribution in [3.63, 3.8) is 0 Å². The average molecular weight is 608 g/mol. The lowest BCUT2D eigenvalue weighted by molar-refractivity contribution is -0.142. The maximum Gasteiger partial charge on any atom is 0.408 e. The molecule has 0 bridgehead atoms. The summed E-state index contributed by atoms with van der Waals surface area (Å²) < 4.78 is 5.49. The van der Waals surface area contributed by atoms with Gasteiger partial charge in [0.2, 0.25) is 5.91 Å². The number of benzene rings is 3. The van der Waals surface area contributed by atoms with E-state index >= 15 is 0 Å². The number of hydrogen-bond donors (Lipinski definition) is 3. The number of para-hydroxylation sites is 1. The number of ether oxygens (including phenoxy) is 1. The third-order valence-corrected chi connectivity index (χ3v) is 7.33. The van der Waals surface area contributed by atoms with Gasteiger partial charge in [0.1, 0.15) is 23.4 Å². The van der Waals surface area contributed by atoms with Crippen molar-refractivity contribution in [2.75, 3.05) is 5.32 Å². The molecule has 3 rings (SSSR count). The highest BCUT2D eigenvalue weighted by molar-refractivity contribution is 6.34. The standard InChI is InChI=1S/C34H42ClN3O5/c1-20(2)38(32(41)28(36-33(42)43-34(6,7)8)19-24-13-16-26(39)17-14-24)30(25-15-12-21(3)23(5)18-25)31(40)37-29-22(4)10-9-11-27(29)35/h9-18,20,28,30,39H,19H2,1-8H3,(H,36,42)(H,37,40). The number of amides is 3. The van der Waals surface area contributed by atoms with E-state index in [-0.39, 0.29) is 12.2 Å². The summed E-state index contributed by atoms with van der Waals surface area (Å²) in [7, 11) is 0. The first-order valence-electron chi connectivity index (χ1n) is 14.3. The molecule has 2 atom stereocenters. The Morgan fingerprint density at radius 1 is 0.930 bits per heavy atom. The van der Waals surface area contributed by atoms with E-state index in [4.69, 9.17) is 16.3 Å². The average Bonchev–Trinajstić information content (AvgIpc) is 2.90. The van der Waals surface area contributed by atoms with Gasteiger partial charge in [0.25, 0.3) is 5.91 Å². The van der Waals surface area contributed by atoms with Crippen LogP contribution in [0.1, 0.15) is 68.5 Å². The van der Waals surface area contributed by atoms with Gasteiger partial charge >= 0.3 is 6.09 Å². The van der Waals surface area contributed by atoms with Crippen molar-refractivity contribution >= 4 is 35.2 Å². The Morgan fingerprint density at radius 2 is 1.58 bits per heavy atom. The lowest BCUT2D eigenvalue weighted by Crippen LogP contribution is -2.55. The van der Waals surface area contributed by atoms with Gasteiger partial charge in [0.15, 0.2) is 0 Å². The highest BCUT2D eigenvalue weighted by Crippen LogP contribution is 2.31. The van der Waals surface area contributed by atoms with E-state index in [1.54, 1.807) is 45.0 Å². The largest absolute Gasteiger partial charge is 0.508 e. The minimum Gasteiger partial charge on any atom is -0.508 e. The molecule has 3 aromatic rings. The summed E-state index contributed by atoms with van der Waals surface area (Å²) in [5.74, 6) is -0.831. The zero-order chi connectivity index (χ0) is 32.1. The van der Waals surface area contributed by atoms with Crippen LogP contribution in [0.3, 0.4) is 0 Å². The summed E-state index contributed by atoms with van der Waals surface area (Å²) in [5.41, 5.74) is 3.79. The number of nitrogens with one attached hydrogen (secondary N) is 2. The summed E-state index contributed by atoms with van der Waals surface area (Å²) in [4.78, 5) is 43.1. The molecule has 0 aliphatic carbocycles. The van der Waals surface area contributed by atoms with E-state index in [0.29, 0.717) is 21.8 Å². The summed E-state index contributed by atoms with van der Waals surface area (Å²) in [6.07, 6.45) is -0.654. The second kappa shape index (κ2) is 14.0. The first-order chi connectivity index (χ1) is 20.1. The summed E-state index contributed by atoms with van der Waals surface area (Å²) in [6.45, 7) is 14.6. The Labute approximate surface area is 259 Å². The maximum absolute atomic E-state index is 14.5. The van der Waals surface area contributed by atoms with Gasteiger partial charge in [-0.15, -0.1) is 0 Å². The van der Waals surface area contributed by atoms with Crippen LogP contribution >= 0.6 is 11.6 Å². The van der Waals surface area contributed by atoms with Gasteiger partial charge in [-0.2, -0.15) is 0 Å². The van der Waals surface area contributed by atoms with E-state index in [2.05, 4.69) is 10.6 Å². The predicted octanol–water partition coefficient (Wildman–Crippen LogP) is 7.02. The number of phenols is 1. The molecule has 230 valence electrons. The molecule has 9 heteroatoms. The topological polar surface area (TPSA) is 108 Å². The molecule has 3 amide bonds. The van der Waals surface area contributed by atoms with Gasteiger partial charge in [-0.1, -0.05) is 54.1 Å². The third kappa shape index (κ3) is 8.97. The molecular formula is C34H42ClN3O5. The van der Waals surface area contributed by atoms with E-state index in [0.717, 1.165) is 16.7 Å². The van der Waals surface area contributed by atoms with Crippen molar-refractivity contribution in [1.82, 2.24) is 10.2 Å². The lowest BCUT2D eigenvalue weighted by atomic mass is 9.96. The molecule has 3 aromatic carbocycles. The molecule has 0 aliphatic rings. The van der Waals surface area contributed by atoms with Crippen LogP contribution in [0.4, 0.5) is 10.5 Å². The van der Waals surface area contributed by atoms with Crippen LogP contribution in [0.2, 0.25) is 5.02 Å². The smallest absolute Gasteiger partial charge is 0.408 e. The number of aromatic hydroxyl groups is 1. The van der Waals surface area contributed by atoms with Crippen molar-refractivity contribution in [1.29, 1.82) is 0 Å². The highest BCUT2D eigenvalue weighted by Gasteiger charge is 2.38. The fourth-order valence-electron chi connectivity index (χ4n) is 4.73. The van der Waals surface area contributed by atoms with E-state index < -0.39 is 41.6 Å². The Morgan fingerprint density at radius 3 is 2.14 bits per heavy atom. The summed E-state index contributed by atoms with van der Waals surface area (Å²) in [6, 6.07) is 14.8. The van der Waals surface area contributed by atoms with Gasteiger partial charge in [-0.3, -0.25) is 9.59 Å². The van der Waals surface area contributed by atoms with Crippen molar-refractivity contribution in [3.8, 4) is 5.75 Å². The fraction of sp³-hybridized carbons (Fsp3) is 0.382. The maximum atomic E-state index is 14.5. The Hall–Kier alpha value is -4.04. The molecule has 0 radical (unpaired) electrons. The van der Waals surface area contributed by atoms with E-state index in [9.17, 15) is 19.5 Å². The molecule has 43 heavy (non-hydrogen) atoms. The third-order valence-electron chi connectivity index (χ3n) is 7.02. The second-order valence-corrected chi connectivity index (χ2v) is 12.5. The number of phenolic OH excluding ortho intramolecular Hbond substituents is 1. The highest BCUT2D eigenvalue weighted by atomic mass is 35.5. The SMILES string of the molecule is Cc1ccc(C(C(=O)Nc2c(C)cccc2Cl)N(C(=O)C(Cc2ccc(O)cc2)NC(=O)OC(C)(C)C)C(C)C)cc1C. The van der Waals surface area contributed by atoms with E-state index in [1.807, 2.05) is 58.9 Å². The molecule has 0 saturated heterocycles. The molecule has 2 unspecified atom stereocenters. The number of hydrogen-bond acceptors (Lipinski definition) is 5. The molecule has 8 nitrogen and oxygen atoms in total. The first-order valence-corrected chi connectivity index (χ1v) is 14.7.